The van der Waals surface area contributed by atoms with Crippen LogP contribution in [0.25, 0.3) is 0 Å². The lowest BCUT2D eigenvalue weighted by Crippen LogP contribution is -2.62. The molecular weight excluding hydrogens is 302 g/mol. The zero-order valence-corrected chi connectivity index (χ0v) is 15.2. The van der Waals surface area contributed by atoms with Gasteiger partial charge in [-0.25, -0.2) is 0 Å². The topological polar surface area (TPSA) is 69.9 Å². The summed E-state index contributed by atoms with van der Waals surface area (Å²) in [6, 6.07) is 0. The molecule has 0 spiro atoms. The smallest absolute Gasteiger partial charge is 0.0845 e. The number of hydrogen-bond acceptors (Lipinski definition) is 4. The van der Waals surface area contributed by atoms with E-state index in [0.29, 0.717) is 24.3 Å². The normalized spacial score (nSPS) is 56.9. The van der Waals surface area contributed by atoms with Crippen molar-refractivity contribution < 1.29 is 10.2 Å². The minimum atomic E-state index is -0.616. The van der Waals surface area contributed by atoms with Gasteiger partial charge in [0.15, 0.2) is 0 Å². The Balaban J connectivity index is 1.65. The number of nitroso groups, excluding NO2 is 1. The molecule has 0 bridgehead atoms. The lowest BCUT2D eigenvalue weighted by atomic mass is 9.43. The minimum Gasteiger partial charge on any atom is -0.393 e. The fraction of sp³-hybridized carbons (Fsp3) is 1.00. The summed E-state index contributed by atoms with van der Waals surface area (Å²) in [4.78, 5) is 10.9. The third-order valence-corrected chi connectivity index (χ3v) is 9.31. The Morgan fingerprint density at radius 1 is 1.00 bits per heavy atom. The van der Waals surface area contributed by atoms with Crippen molar-refractivity contribution in [3.05, 3.63) is 4.91 Å². The Labute approximate surface area is 145 Å². The van der Waals surface area contributed by atoms with Crippen LogP contribution in [-0.4, -0.2) is 28.5 Å². The van der Waals surface area contributed by atoms with Crippen LogP contribution in [0.3, 0.4) is 0 Å². The number of aliphatic hydroxyl groups excluding tert-OH is 1. The highest BCUT2D eigenvalue weighted by Crippen LogP contribution is 2.68. The third kappa shape index (κ3) is 2.05. The van der Waals surface area contributed by atoms with Gasteiger partial charge in [0.2, 0.25) is 0 Å². The molecule has 0 radical (unpaired) electrons. The molecule has 0 aromatic heterocycles. The zero-order valence-electron chi connectivity index (χ0n) is 15.2. The molecule has 8 atom stereocenters. The van der Waals surface area contributed by atoms with E-state index in [0.717, 1.165) is 51.4 Å². The Hall–Kier alpha value is -0.480. The van der Waals surface area contributed by atoms with Gasteiger partial charge in [0.25, 0.3) is 0 Å². The highest BCUT2D eigenvalue weighted by Gasteiger charge is 2.67. The molecule has 4 nitrogen and oxygen atoms in total. The molecule has 4 rings (SSSR count). The summed E-state index contributed by atoms with van der Waals surface area (Å²) in [6.07, 6.45) is 9.07. The summed E-state index contributed by atoms with van der Waals surface area (Å²) in [5, 5.41) is 25.1. The molecule has 0 aromatic rings. The van der Waals surface area contributed by atoms with Crippen LogP contribution in [0, 0.1) is 39.4 Å². The van der Waals surface area contributed by atoms with Crippen molar-refractivity contribution in [1.29, 1.82) is 0 Å². The van der Waals surface area contributed by atoms with E-state index < -0.39 is 5.60 Å². The summed E-state index contributed by atoms with van der Waals surface area (Å²) < 4.78 is 0. The highest BCUT2D eigenvalue weighted by molar-refractivity contribution is 5.16. The fourth-order valence-electron chi connectivity index (χ4n) is 7.70. The SMILES string of the molecule is C[C@]12CCC(O)CC1CC[C@@H]1[C@H]2CC[C@]2(C)C(CN=O)CC[C@@]12O. The summed E-state index contributed by atoms with van der Waals surface area (Å²) in [6.45, 7) is 5.03. The van der Waals surface area contributed by atoms with E-state index in [4.69, 9.17) is 0 Å². The molecule has 0 amide bonds. The predicted octanol–water partition coefficient (Wildman–Crippen LogP) is 3.89. The third-order valence-electron chi connectivity index (χ3n) is 9.31. The van der Waals surface area contributed by atoms with E-state index in [1.54, 1.807) is 0 Å². The maximum atomic E-state index is 11.8. The second kappa shape index (κ2) is 5.51. The van der Waals surface area contributed by atoms with Crippen LogP contribution in [0.15, 0.2) is 5.18 Å². The average molecular weight is 335 g/mol. The second-order valence-corrected chi connectivity index (χ2v) is 9.85. The zero-order chi connectivity index (χ0) is 17.2. The second-order valence-electron chi connectivity index (χ2n) is 9.85. The first kappa shape index (κ1) is 17.0. The molecule has 4 fully saturated rings. The maximum Gasteiger partial charge on any atom is 0.0845 e. The largest absolute Gasteiger partial charge is 0.393 e. The van der Waals surface area contributed by atoms with Crippen LogP contribution in [0.2, 0.25) is 0 Å². The molecule has 136 valence electrons. The molecule has 4 aliphatic carbocycles. The van der Waals surface area contributed by atoms with E-state index in [1.165, 1.54) is 6.42 Å². The number of rotatable bonds is 2. The number of fused-ring (bicyclic) bond motifs is 5. The van der Waals surface area contributed by atoms with Gasteiger partial charge in [-0.15, -0.1) is 0 Å². The maximum absolute atomic E-state index is 11.8. The van der Waals surface area contributed by atoms with Crippen molar-refractivity contribution in [1.82, 2.24) is 0 Å². The number of hydrogen-bond donors (Lipinski definition) is 2. The van der Waals surface area contributed by atoms with Crippen molar-refractivity contribution in [3.63, 3.8) is 0 Å². The van der Waals surface area contributed by atoms with Gasteiger partial charge >= 0.3 is 0 Å². The summed E-state index contributed by atoms with van der Waals surface area (Å²) in [7, 11) is 0. The Bertz CT molecular complexity index is 525. The molecule has 0 saturated heterocycles. The molecule has 3 unspecified atom stereocenters. The van der Waals surface area contributed by atoms with Gasteiger partial charge < -0.3 is 10.2 Å². The minimum absolute atomic E-state index is 0.119. The van der Waals surface area contributed by atoms with Gasteiger partial charge in [0.1, 0.15) is 0 Å². The number of aliphatic hydroxyl groups is 2. The van der Waals surface area contributed by atoms with Crippen LogP contribution < -0.4 is 0 Å². The Morgan fingerprint density at radius 2 is 1.79 bits per heavy atom. The van der Waals surface area contributed by atoms with E-state index in [2.05, 4.69) is 19.0 Å². The van der Waals surface area contributed by atoms with Crippen LogP contribution in [0.5, 0.6) is 0 Å². The summed E-state index contributed by atoms with van der Waals surface area (Å²) >= 11 is 0. The quantitative estimate of drug-likeness (QED) is 0.752. The molecule has 4 saturated carbocycles. The Kier molecular flexibility index (Phi) is 3.89. The first-order valence-electron chi connectivity index (χ1n) is 10.0. The van der Waals surface area contributed by atoms with Crippen LogP contribution in [-0.2, 0) is 0 Å². The highest BCUT2D eigenvalue weighted by atomic mass is 16.3. The number of nitrogens with zero attached hydrogens (tertiary/aromatic N) is 1. The van der Waals surface area contributed by atoms with Crippen LogP contribution >= 0.6 is 0 Å². The standard InChI is InChI=1S/C20H33NO3/c1-18-8-6-15(22)11-13(18)3-4-17-16(18)7-9-19(2)14(12-21-24)5-10-20(17,19)23/h13-17,22-23H,3-12H2,1-2H3/t13?,14?,15?,16-,17-,18+,19-,20-/m1/s1. The van der Waals surface area contributed by atoms with Crippen molar-refractivity contribution in [3.8, 4) is 0 Å². The fourth-order valence-corrected chi connectivity index (χ4v) is 7.70. The first-order chi connectivity index (χ1) is 11.3. The molecule has 24 heavy (non-hydrogen) atoms. The molecule has 4 heteroatoms. The molecule has 0 aliphatic heterocycles. The van der Waals surface area contributed by atoms with Gasteiger partial charge in [-0.2, -0.15) is 4.91 Å². The van der Waals surface area contributed by atoms with E-state index >= 15 is 0 Å². The van der Waals surface area contributed by atoms with Gasteiger partial charge in [-0.1, -0.05) is 19.0 Å². The summed E-state index contributed by atoms with van der Waals surface area (Å²) in [5.74, 6) is 1.80. The Morgan fingerprint density at radius 3 is 2.54 bits per heavy atom. The first-order valence-corrected chi connectivity index (χ1v) is 10.0. The van der Waals surface area contributed by atoms with E-state index in [9.17, 15) is 15.1 Å². The van der Waals surface area contributed by atoms with Crippen LogP contribution in [0.4, 0.5) is 0 Å². The van der Waals surface area contributed by atoms with E-state index in [-0.39, 0.29) is 22.9 Å². The van der Waals surface area contributed by atoms with Gasteiger partial charge in [0, 0.05) is 5.41 Å². The van der Waals surface area contributed by atoms with Gasteiger partial charge in [-0.05, 0) is 86.9 Å². The van der Waals surface area contributed by atoms with Gasteiger partial charge in [0.05, 0.1) is 18.2 Å². The van der Waals surface area contributed by atoms with Crippen molar-refractivity contribution in [2.24, 2.45) is 39.7 Å². The van der Waals surface area contributed by atoms with Crippen molar-refractivity contribution in [2.45, 2.75) is 83.3 Å². The predicted molar refractivity (Wildman–Crippen MR) is 93.3 cm³/mol. The molecular formula is C20H33NO3. The van der Waals surface area contributed by atoms with E-state index in [1.807, 2.05) is 0 Å². The van der Waals surface area contributed by atoms with Crippen molar-refractivity contribution >= 4 is 0 Å². The lowest BCUT2D eigenvalue weighted by Gasteiger charge is -2.63. The molecule has 0 heterocycles. The van der Waals surface area contributed by atoms with Gasteiger partial charge in [-0.3, -0.25) is 0 Å². The monoisotopic (exact) mass is 335 g/mol. The molecule has 4 aliphatic rings. The average Bonchev–Trinajstić information content (AvgIpc) is 2.81. The molecule has 0 aromatic carbocycles. The molecule has 2 N–H and O–H groups in total. The van der Waals surface area contributed by atoms with Crippen molar-refractivity contribution in [2.75, 3.05) is 6.54 Å². The summed E-state index contributed by atoms with van der Waals surface area (Å²) in [5.41, 5.74) is -0.477. The lowest BCUT2D eigenvalue weighted by molar-refractivity contribution is -0.209. The van der Waals surface area contributed by atoms with Crippen LogP contribution in [0.1, 0.15) is 71.6 Å².